The van der Waals surface area contributed by atoms with Crippen molar-refractivity contribution in [1.82, 2.24) is 29.5 Å². The van der Waals surface area contributed by atoms with Crippen molar-refractivity contribution in [3.63, 3.8) is 0 Å². The molecule has 0 spiro atoms. The predicted molar refractivity (Wildman–Crippen MR) is 115 cm³/mol. The number of hydrogen-bond donors (Lipinski definition) is 2. The van der Waals surface area contributed by atoms with Crippen LogP contribution < -0.4 is 11.1 Å². The van der Waals surface area contributed by atoms with Crippen LogP contribution >= 0.6 is 0 Å². The number of halogens is 1. The van der Waals surface area contributed by atoms with E-state index in [2.05, 4.69) is 38.8 Å². The predicted octanol–water partition coefficient (Wildman–Crippen LogP) is 3.31. The second-order valence-electron chi connectivity index (χ2n) is 8.64. The number of nitrogens with two attached hydrogens (primary N) is 1. The Morgan fingerprint density at radius 1 is 1.27 bits per heavy atom. The average Bonchev–Trinajstić information content (AvgIpc) is 3.25. The van der Waals surface area contributed by atoms with Crippen molar-refractivity contribution in [2.24, 2.45) is 5.73 Å². The third kappa shape index (κ3) is 2.74. The molecular formula is C22H26FN7. The Balaban J connectivity index is 1.60. The maximum absolute atomic E-state index is 14.9. The molecule has 8 heteroatoms. The van der Waals surface area contributed by atoms with Gasteiger partial charge >= 0.3 is 0 Å². The highest BCUT2D eigenvalue weighted by atomic mass is 19.1. The summed E-state index contributed by atoms with van der Waals surface area (Å²) in [6, 6.07) is 6.06. The first kappa shape index (κ1) is 19.1. The Labute approximate surface area is 174 Å². The fourth-order valence-electron chi connectivity index (χ4n) is 4.66. The lowest BCUT2D eigenvalue weighted by Gasteiger charge is -2.43. The summed E-state index contributed by atoms with van der Waals surface area (Å²) in [6.45, 7) is 6.05. The van der Waals surface area contributed by atoms with E-state index in [1.54, 1.807) is 10.7 Å². The van der Waals surface area contributed by atoms with Crippen LogP contribution in [0.15, 0.2) is 30.6 Å². The molecule has 156 valence electrons. The summed E-state index contributed by atoms with van der Waals surface area (Å²) in [5.74, 6) is 1.12. The van der Waals surface area contributed by atoms with Crippen LogP contribution in [0.25, 0.3) is 27.7 Å². The van der Waals surface area contributed by atoms with Gasteiger partial charge < -0.3 is 15.6 Å². The normalized spacial score (nSPS) is 21.6. The Bertz CT molecular complexity index is 1260. The van der Waals surface area contributed by atoms with Gasteiger partial charge in [-0.3, -0.25) is 0 Å². The van der Waals surface area contributed by atoms with Crippen molar-refractivity contribution in [2.75, 3.05) is 7.05 Å². The molecule has 3 aromatic heterocycles. The second kappa shape index (κ2) is 6.58. The topological polar surface area (TPSA) is 86.1 Å². The fraction of sp³-hybridized carbons (Fsp3) is 0.409. The number of imidazole rings is 1. The van der Waals surface area contributed by atoms with Crippen LogP contribution in [0.2, 0.25) is 0 Å². The van der Waals surface area contributed by atoms with E-state index in [1.165, 1.54) is 6.07 Å². The fourth-order valence-corrected chi connectivity index (χ4v) is 4.66. The van der Waals surface area contributed by atoms with Gasteiger partial charge in [-0.05, 0) is 64.4 Å². The number of aromatic nitrogens is 5. The Kier molecular flexibility index (Phi) is 4.20. The van der Waals surface area contributed by atoms with E-state index in [9.17, 15) is 4.39 Å². The summed E-state index contributed by atoms with van der Waals surface area (Å²) >= 11 is 0. The Hall–Kier alpha value is -2.84. The van der Waals surface area contributed by atoms with Gasteiger partial charge in [-0.25, -0.2) is 18.9 Å². The second-order valence-corrected chi connectivity index (χ2v) is 8.64. The molecule has 1 aliphatic carbocycles. The third-order valence-corrected chi connectivity index (χ3v) is 6.24. The summed E-state index contributed by atoms with van der Waals surface area (Å²) in [7, 11) is 1.94. The first-order chi connectivity index (χ1) is 14.3. The van der Waals surface area contributed by atoms with Crippen molar-refractivity contribution in [2.45, 2.75) is 51.2 Å². The maximum atomic E-state index is 14.9. The van der Waals surface area contributed by atoms with E-state index < -0.39 is 5.54 Å². The van der Waals surface area contributed by atoms with Gasteiger partial charge in [-0.15, -0.1) is 0 Å². The molecule has 0 radical (unpaired) electrons. The highest BCUT2D eigenvalue weighted by molar-refractivity contribution is 5.88. The van der Waals surface area contributed by atoms with Gasteiger partial charge in [0.05, 0.1) is 22.8 Å². The highest BCUT2D eigenvalue weighted by Crippen LogP contribution is 2.37. The number of fused-ring (bicyclic) bond motifs is 2. The number of nitrogens with zero attached hydrogens (tertiary/aromatic N) is 5. The molecule has 0 bridgehead atoms. The van der Waals surface area contributed by atoms with Crippen LogP contribution in [-0.2, 0) is 5.54 Å². The van der Waals surface area contributed by atoms with Gasteiger partial charge in [0, 0.05) is 23.8 Å². The number of nitrogens with one attached hydrogen (secondary N) is 1. The molecule has 4 aromatic rings. The number of aryl methyl sites for hydroxylation is 1. The lowest BCUT2D eigenvalue weighted by atomic mass is 9.73. The molecular weight excluding hydrogens is 381 g/mol. The number of rotatable bonds is 4. The molecule has 0 aliphatic heterocycles. The summed E-state index contributed by atoms with van der Waals surface area (Å²) < 4.78 is 18.7. The minimum absolute atomic E-state index is 0.186. The maximum Gasteiger partial charge on any atom is 0.169 e. The lowest BCUT2D eigenvalue weighted by Crippen LogP contribution is -2.57. The quantitative estimate of drug-likeness (QED) is 0.542. The van der Waals surface area contributed by atoms with Crippen LogP contribution in [0.3, 0.4) is 0 Å². The zero-order valence-electron chi connectivity index (χ0n) is 17.6. The van der Waals surface area contributed by atoms with Crippen LogP contribution in [-0.4, -0.2) is 37.2 Å². The van der Waals surface area contributed by atoms with E-state index in [4.69, 9.17) is 5.73 Å². The molecule has 0 unspecified atom stereocenters. The zero-order chi connectivity index (χ0) is 21.2. The molecule has 1 fully saturated rings. The molecule has 5 rings (SSSR count). The van der Waals surface area contributed by atoms with Gasteiger partial charge in [-0.2, -0.15) is 5.10 Å². The zero-order valence-corrected chi connectivity index (χ0v) is 17.6. The minimum atomic E-state index is -0.501. The number of benzene rings is 1. The van der Waals surface area contributed by atoms with Gasteiger partial charge in [0.25, 0.3) is 0 Å². The largest absolute Gasteiger partial charge is 0.326 e. The monoisotopic (exact) mass is 407 g/mol. The van der Waals surface area contributed by atoms with Gasteiger partial charge in [0.15, 0.2) is 11.6 Å². The summed E-state index contributed by atoms with van der Waals surface area (Å²) in [4.78, 5) is 8.99. The van der Waals surface area contributed by atoms with E-state index in [1.807, 2.05) is 32.3 Å². The first-order valence-corrected chi connectivity index (χ1v) is 10.3. The van der Waals surface area contributed by atoms with Crippen molar-refractivity contribution in [1.29, 1.82) is 0 Å². The van der Waals surface area contributed by atoms with Crippen LogP contribution in [0.4, 0.5) is 4.39 Å². The summed E-state index contributed by atoms with van der Waals surface area (Å²) in [6.07, 6.45) is 5.28. The van der Waals surface area contributed by atoms with Crippen LogP contribution in [0.5, 0.6) is 0 Å². The van der Waals surface area contributed by atoms with Gasteiger partial charge in [0.1, 0.15) is 11.3 Å². The molecule has 30 heavy (non-hydrogen) atoms. The molecule has 0 atom stereocenters. The van der Waals surface area contributed by atoms with Crippen molar-refractivity contribution in [3.05, 3.63) is 48.1 Å². The molecule has 7 nitrogen and oxygen atoms in total. The first-order valence-electron chi connectivity index (χ1n) is 10.3. The van der Waals surface area contributed by atoms with Crippen LogP contribution in [0, 0.1) is 12.7 Å². The SMILES string of the molecule is CNC1CC(N)(c2ncc3c(-c4cc(F)c5nc(C)n(C(C)C)c5c4)ccn3n2)C1. The summed E-state index contributed by atoms with van der Waals surface area (Å²) in [5, 5.41) is 7.90. The van der Waals surface area contributed by atoms with E-state index in [-0.39, 0.29) is 11.9 Å². The third-order valence-electron chi connectivity index (χ3n) is 6.24. The standard InChI is InChI=1S/C22H26FN7/c1-12(2)30-13(3)27-20-17(23)7-14(8-18(20)30)16-5-6-29-19(16)11-26-21(28-29)22(24)9-15(10-22)25-4/h5-8,11-12,15,25H,9-10,24H2,1-4H3. The van der Waals surface area contributed by atoms with E-state index in [0.717, 1.165) is 40.8 Å². The Morgan fingerprint density at radius 3 is 2.73 bits per heavy atom. The smallest absolute Gasteiger partial charge is 0.169 e. The van der Waals surface area contributed by atoms with Gasteiger partial charge in [-0.1, -0.05) is 0 Å². The molecule has 1 aromatic carbocycles. The van der Waals surface area contributed by atoms with Crippen molar-refractivity contribution in [3.8, 4) is 11.1 Å². The van der Waals surface area contributed by atoms with E-state index in [0.29, 0.717) is 17.4 Å². The molecule has 0 saturated heterocycles. The number of hydrogen-bond acceptors (Lipinski definition) is 5. The molecule has 3 heterocycles. The van der Waals surface area contributed by atoms with Crippen molar-refractivity contribution < 1.29 is 4.39 Å². The molecule has 0 amide bonds. The molecule has 1 aliphatic rings. The Morgan fingerprint density at radius 2 is 2.03 bits per heavy atom. The highest BCUT2D eigenvalue weighted by Gasteiger charge is 2.44. The van der Waals surface area contributed by atoms with Gasteiger partial charge in [0.2, 0.25) is 0 Å². The van der Waals surface area contributed by atoms with Crippen molar-refractivity contribution >= 4 is 16.6 Å². The molecule has 1 saturated carbocycles. The van der Waals surface area contributed by atoms with Crippen LogP contribution in [0.1, 0.15) is 44.4 Å². The average molecular weight is 407 g/mol. The van der Waals surface area contributed by atoms with E-state index >= 15 is 0 Å². The summed E-state index contributed by atoms with van der Waals surface area (Å²) in [5.41, 5.74) is 9.66. The minimum Gasteiger partial charge on any atom is -0.326 e. The lowest BCUT2D eigenvalue weighted by molar-refractivity contribution is 0.172. The molecule has 3 N–H and O–H groups in total.